The molecule has 0 radical (unpaired) electrons. The molecule has 0 saturated heterocycles. The standard InChI is InChI=1S/C12H19BrN4/c1-8-9(2)15-16-12(14-8)17(3)11-7-5-4-6-10(11)13/h10-11H,4-7H2,1-3H3. The van der Waals surface area contributed by atoms with E-state index in [0.717, 1.165) is 17.3 Å². The Labute approximate surface area is 111 Å². The van der Waals surface area contributed by atoms with Gasteiger partial charge in [0.1, 0.15) is 0 Å². The molecule has 1 aliphatic rings. The van der Waals surface area contributed by atoms with Gasteiger partial charge in [0.25, 0.3) is 0 Å². The molecule has 0 spiro atoms. The number of aromatic nitrogens is 3. The van der Waals surface area contributed by atoms with Gasteiger partial charge in [-0.05, 0) is 26.7 Å². The van der Waals surface area contributed by atoms with Crippen molar-refractivity contribution in [3.05, 3.63) is 11.4 Å². The summed E-state index contributed by atoms with van der Waals surface area (Å²) in [6.07, 6.45) is 5.03. The topological polar surface area (TPSA) is 41.9 Å². The number of halogens is 1. The molecule has 2 unspecified atom stereocenters. The van der Waals surface area contributed by atoms with Crippen LogP contribution in [0, 0.1) is 13.8 Å². The van der Waals surface area contributed by atoms with Gasteiger partial charge in [-0.1, -0.05) is 28.8 Å². The minimum atomic E-state index is 0.479. The van der Waals surface area contributed by atoms with E-state index in [2.05, 4.69) is 43.1 Å². The fraction of sp³-hybridized carbons (Fsp3) is 0.750. The lowest BCUT2D eigenvalue weighted by atomic mass is 9.94. The van der Waals surface area contributed by atoms with Gasteiger partial charge < -0.3 is 4.90 Å². The van der Waals surface area contributed by atoms with Crippen molar-refractivity contribution in [3.63, 3.8) is 0 Å². The molecule has 1 heterocycles. The Morgan fingerprint density at radius 3 is 2.47 bits per heavy atom. The first-order valence-corrected chi connectivity index (χ1v) is 7.06. The monoisotopic (exact) mass is 298 g/mol. The molecule has 0 N–H and O–H groups in total. The highest BCUT2D eigenvalue weighted by Gasteiger charge is 2.27. The van der Waals surface area contributed by atoms with Crippen LogP contribution in [0.2, 0.25) is 0 Å². The first kappa shape index (κ1) is 12.7. The number of rotatable bonds is 2. The number of nitrogens with zero attached hydrogens (tertiary/aromatic N) is 4. The molecule has 0 aliphatic heterocycles. The maximum atomic E-state index is 4.51. The summed E-state index contributed by atoms with van der Waals surface area (Å²) in [7, 11) is 2.07. The summed E-state index contributed by atoms with van der Waals surface area (Å²) in [5, 5.41) is 8.34. The lowest BCUT2D eigenvalue weighted by Crippen LogP contribution is -2.41. The SMILES string of the molecule is Cc1nnc(N(C)C2CCCCC2Br)nc1C. The van der Waals surface area contributed by atoms with Crippen molar-refractivity contribution in [2.24, 2.45) is 0 Å². The molecule has 5 heteroatoms. The number of aryl methyl sites for hydroxylation is 2. The van der Waals surface area contributed by atoms with Gasteiger partial charge >= 0.3 is 0 Å². The summed E-state index contributed by atoms with van der Waals surface area (Å²) in [6.45, 7) is 3.92. The molecule has 1 fully saturated rings. The fourth-order valence-corrected chi connectivity index (χ4v) is 3.19. The largest absolute Gasteiger partial charge is 0.338 e. The van der Waals surface area contributed by atoms with Crippen LogP contribution in [0.3, 0.4) is 0 Å². The zero-order chi connectivity index (χ0) is 12.4. The first-order chi connectivity index (χ1) is 8.09. The van der Waals surface area contributed by atoms with Crippen molar-refractivity contribution < 1.29 is 0 Å². The number of anilines is 1. The highest BCUT2D eigenvalue weighted by Crippen LogP contribution is 2.29. The molecule has 94 valence electrons. The third-order valence-corrected chi connectivity index (χ3v) is 4.61. The van der Waals surface area contributed by atoms with Gasteiger partial charge in [-0.2, -0.15) is 5.10 Å². The van der Waals surface area contributed by atoms with Crippen LogP contribution in [0.5, 0.6) is 0 Å². The second-order valence-corrected chi connectivity index (χ2v) is 5.94. The molecule has 1 saturated carbocycles. The molecule has 2 rings (SSSR count). The van der Waals surface area contributed by atoms with Gasteiger partial charge in [-0.25, -0.2) is 4.98 Å². The van der Waals surface area contributed by atoms with Crippen molar-refractivity contribution in [1.29, 1.82) is 0 Å². The van der Waals surface area contributed by atoms with Crippen LogP contribution in [-0.2, 0) is 0 Å². The third-order valence-electron chi connectivity index (χ3n) is 3.54. The first-order valence-electron chi connectivity index (χ1n) is 6.14. The van der Waals surface area contributed by atoms with E-state index in [0.29, 0.717) is 10.9 Å². The van der Waals surface area contributed by atoms with E-state index < -0.39 is 0 Å². The molecular weight excluding hydrogens is 280 g/mol. The molecule has 17 heavy (non-hydrogen) atoms. The van der Waals surface area contributed by atoms with Crippen molar-refractivity contribution in [2.75, 3.05) is 11.9 Å². The normalized spacial score (nSPS) is 24.7. The van der Waals surface area contributed by atoms with Crippen molar-refractivity contribution >= 4 is 21.9 Å². The maximum Gasteiger partial charge on any atom is 0.245 e. The minimum Gasteiger partial charge on any atom is -0.338 e. The second kappa shape index (κ2) is 5.29. The van der Waals surface area contributed by atoms with Crippen molar-refractivity contribution in [1.82, 2.24) is 15.2 Å². The summed E-state index contributed by atoms with van der Waals surface area (Å²) < 4.78 is 0. The molecule has 1 aromatic rings. The fourth-order valence-electron chi connectivity index (χ4n) is 2.25. The van der Waals surface area contributed by atoms with Crippen LogP contribution < -0.4 is 4.90 Å². The average molecular weight is 299 g/mol. The van der Waals surface area contributed by atoms with Crippen LogP contribution >= 0.6 is 15.9 Å². The minimum absolute atomic E-state index is 0.479. The van der Waals surface area contributed by atoms with Gasteiger partial charge in [0.2, 0.25) is 5.95 Å². The molecule has 0 bridgehead atoms. The predicted octanol–water partition coefficient (Wildman–Crippen LogP) is 2.63. The van der Waals surface area contributed by atoms with Gasteiger partial charge in [-0.15, -0.1) is 5.10 Å². The summed E-state index contributed by atoms with van der Waals surface area (Å²) in [6, 6.07) is 0.479. The van der Waals surface area contributed by atoms with E-state index in [-0.39, 0.29) is 0 Å². The predicted molar refractivity (Wildman–Crippen MR) is 72.7 cm³/mol. The van der Waals surface area contributed by atoms with Crippen LogP contribution in [0.1, 0.15) is 37.1 Å². The zero-order valence-electron chi connectivity index (χ0n) is 10.6. The number of alkyl halides is 1. The molecular formula is C12H19BrN4. The summed E-state index contributed by atoms with van der Waals surface area (Å²) >= 11 is 3.77. The van der Waals surface area contributed by atoms with Gasteiger partial charge in [-0.3, -0.25) is 0 Å². The molecule has 2 atom stereocenters. The van der Waals surface area contributed by atoms with E-state index in [1.54, 1.807) is 0 Å². The van der Waals surface area contributed by atoms with Crippen LogP contribution in [0.25, 0.3) is 0 Å². The Morgan fingerprint density at radius 2 is 1.82 bits per heavy atom. The van der Waals surface area contributed by atoms with E-state index in [1.165, 1.54) is 25.7 Å². The highest BCUT2D eigenvalue weighted by atomic mass is 79.9. The molecule has 0 amide bonds. The maximum absolute atomic E-state index is 4.51. The third kappa shape index (κ3) is 2.76. The van der Waals surface area contributed by atoms with Crippen molar-refractivity contribution in [2.45, 2.75) is 50.4 Å². The van der Waals surface area contributed by atoms with Gasteiger partial charge in [0.15, 0.2) is 0 Å². The summed E-state index contributed by atoms with van der Waals surface area (Å²) in [4.78, 5) is 7.21. The molecule has 4 nitrogen and oxygen atoms in total. The molecule has 1 aromatic heterocycles. The van der Waals surface area contributed by atoms with E-state index >= 15 is 0 Å². The quantitative estimate of drug-likeness (QED) is 0.787. The van der Waals surface area contributed by atoms with Gasteiger partial charge in [0, 0.05) is 17.9 Å². The Bertz CT molecular complexity index is 396. The number of hydrogen-bond acceptors (Lipinski definition) is 4. The Hall–Kier alpha value is -0.710. The lowest BCUT2D eigenvalue weighted by Gasteiger charge is -2.35. The van der Waals surface area contributed by atoms with Crippen LogP contribution in [-0.4, -0.2) is 33.1 Å². The van der Waals surface area contributed by atoms with E-state index in [1.807, 2.05) is 13.8 Å². The lowest BCUT2D eigenvalue weighted by molar-refractivity contribution is 0.439. The zero-order valence-corrected chi connectivity index (χ0v) is 12.2. The van der Waals surface area contributed by atoms with Gasteiger partial charge in [0.05, 0.1) is 11.4 Å². The smallest absolute Gasteiger partial charge is 0.245 e. The van der Waals surface area contributed by atoms with Crippen molar-refractivity contribution in [3.8, 4) is 0 Å². The van der Waals surface area contributed by atoms with E-state index in [4.69, 9.17) is 0 Å². The van der Waals surface area contributed by atoms with Crippen LogP contribution in [0.4, 0.5) is 5.95 Å². The second-order valence-electron chi connectivity index (χ2n) is 4.76. The van der Waals surface area contributed by atoms with Crippen LogP contribution in [0.15, 0.2) is 0 Å². The number of hydrogen-bond donors (Lipinski definition) is 0. The average Bonchev–Trinajstić information content (AvgIpc) is 2.32. The highest BCUT2D eigenvalue weighted by molar-refractivity contribution is 9.09. The Morgan fingerprint density at radius 1 is 1.12 bits per heavy atom. The molecule has 1 aliphatic carbocycles. The summed E-state index contributed by atoms with van der Waals surface area (Å²) in [5.41, 5.74) is 1.87. The van der Waals surface area contributed by atoms with E-state index in [9.17, 15) is 0 Å². The Balaban J connectivity index is 2.17. The summed E-state index contributed by atoms with van der Waals surface area (Å²) in [5.74, 6) is 0.740. The Kier molecular flexibility index (Phi) is 3.97. The molecule has 0 aromatic carbocycles.